The van der Waals surface area contributed by atoms with Crippen LogP contribution in [0.5, 0.6) is 0 Å². The smallest absolute Gasteiger partial charge is 0.246 e. The Labute approximate surface area is 568 Å². The molecule has 4 saturated carbocycles. The van der Waals surface area contributed by atoms with Crippen molar-refractivity contribution in [1.29, 1.82) is 0 Å². The lowest BCUT2D eigenvalue weighted by Gasteiger charge is -2.56. The molecule has 3 heterocycles. The Balaban J connectivity index is 1.14. The second kappa shape index (κ2) is 36.4. The monoisotopic (exact) mass is 1330 g/mol. The first-order chi connectivity index (χ1) is 46.2. The molecule has 0 radical (unpaired) electrons. The van der Waals surface area contributed by atoms with Crippen LogP contribution in [0.1, 0.15) is 148 Å². The van der Waals surface area contributed by atoms with E-state index in [-0.39, 0.29) is 50.2 Å². The molecule has 23 nitrogen and oxygen atoms in total. The van der Waals surface area contributed by atoms with Crippen LogP contribution in [-0.4, -0.2) is 177 Å². The number of rotatable bonds is 18. The molecule has 0 spiro atoms. The zero-order valence-corrected chi connectivity index (χ0v) is 57.8. The van der Waals surface area contributed by atoms with Gasteiger partial charge in [-0.3, -0.25) is 47.9 Å². The molecule has 7 aliphatic rings. The summed E-state index contributed by atoms with van der Waals surface area (Å²) >= 11 is 0. The molecule has 2 aromatic rings. The zero-order chi connectivity index (χ0) is 69.0. The quantitative estimate of drug-likeness (QED) is 0.0755. The lowest BCUT2D eigenvalue weighted by molar-refractivity contribution is -0.143. The number of carbonyl (C=O) groups is 10. The van der Waals surface area contributed by atoms with E-state index in [2.05, 4.69) is 53.2 Å². The summed E-state index contributed by atoms with van der Waals surface area (Å²) < 4.78 is 0. The lowest BCUT2D eigenvalue weighted by Crippen LogP contribution is -2.62. The maximum absolute atomic E-state index is 15.5. The molecule has 4 aliphatic carbocycles. The first kappa shape index (κ1) is 74.5. The third-order valence-corrected chi connectivity index (χ3v) is 21.6. The number of nitrogens with zero attached hydrogens (tertiary/aromatic N) is 2. The summed E-state index contributed by atoms with van der Waals surface area (Å²) in [5.74, 6) is -7.04. The fourth-order valence-electron chi connectivity index (χ4n) is 16.4. The van der Waals surface area contributed by atoms with E-state index in [0.717, 1.165) is 49.7 Å². The molecule has 0 aromatic heterocycles. The summed E-state index contributed by atoms with van der Waals surface area (Å²) in [5, 5.41) is 30.8. The van der Waals surface area contributed by atoms with Crippen molar-refractivity contribution in [3.63, 3.8) is 0 Å². The van der Waals surface area contributed by atoms with Gasteiger partial charge in [0.1, 0.15) is 30.2 Å². The number of nitrogens with one attached hydrogen (secondary N) is 10. The predicted molar refractivity (Wildman–Crippen MR) is 368 cm³/mol. The summed E-state index contributed by atoms with van der Waals surface area (Å²) in [6.07, 6.45) is 13.8. The number of nitrogens with two attached hydrogens (primary N) is 1. The van der Waals surface area contributed by atoms with Crippen LogP contribution < -0.4 is 58.9 Å². The molecule has 96 heavy (non-hydrogen) atoms. The van der Waals surface area contributed by atoms with E-state index in [1.807, 2.05) is 67.6 Å². The minimum Gasteiger partial charge on any atom is -0.351 e. The number of unbranched alkanes of at least 4 members (excludes halogenated alkanes) is 1. The highest BCUT2D eigenvalue weighted by atomic mass is 16.2. The van der Waals surface area contributed by atoms with Gasteiger partial charge in [0.25, 0.3) is 0 Å². The van der Waals surface area contributed by atoms with E-state index >= 15 is 24.0 Å². The molecular formula is C73H111N13O10. The predicted octanol–water partition coefficient (Wildman–Crippen LogP) is 3.30. The standard InChI is InChI=1S/C73H111N13O10/c1-8-9-27-56-44(2)65(88)77-43-62(87)78-46(4)54(25-17-32-75-6)67(90)82-58(41-48-21-12-10-13-22-48)72(95)86-35-20-30-61(86)70(93)81-57(28-16-31-74)45(3)66(89)84-64(63-52-37-50-36-51(39-52)40-53(63)38-50)71(94)79-47(5)55(26-18-33-76-7)68(91)83-59(42-49-23-14-11-15-24-49)73(96)85-34-19-29-60(85)69(92)80-56/h10-15,18,21-24,26,44-47,50-61,63-64,75-76H,8-9,16-17,19-20,25,27-43,74H2,1-7H3,(H,77,88)(H,78,87)(H,79,94)(H,80,92)(H,81,93)(H,82,90)(H,83,91)(H,84,89). The molecule has 9 rings (SSSR count). The van der Waals surface area contributed by atoms with Gasteiger partial charge < -0.3 is 68.7 Å². The zero-order valence-electron chi connectivity index (χ0n) is 57.8. The van der Waals surface area contributed by atoms with E-state index in [1.165, 1.54) is 9.80 Å². The number of benzene rings is 2. The van der Waals surface area contributed by atoms with Crippen LogP contribution in [0.4, 0.5) is 0 Å². The van der Waals surface area contributed by atoms with Crippen molar-refractivity contribution in [3.8, 4) is 0 Å². The Morgan fingerprint density at radius 2 is 1.07 bits per heavy atom. The van der Waals surface area contributed by atoms with Crippen LogP contribution in [0.15, 0.2) is 72.8 Å². The Bertz CT molecular complexity index is 2960. The van der Waals surface area contributed by atoms with Crippen molar-refractivity contribution >= 4 is 59.1 Å². The van der Waals surface area contributed by atoms with Crippen LogP contribution in [0.2, 0.25) is 0 Å². The highest BCUT2D eigenvalue weighted by Crippen LogP contribution is 2.57. The van der Waals surface area contributed by atoms with Crippen molar-refractivity contribution in [2.75, 3.05) is 53.4 Å². The van der Waals surface area contributed by atoms with Crippen molar-refractivity contribution < 1.29 is 47.9 Å². The summed E-state index contributed by atoms with van der Waals surface area (Å²) in [4.78, 5) is 152. The second-order valence-electron chi connectivity index (χ2n) is 28.5. The molecule has 3 aliphatic heterocycles. The third-order valence-electron chi connectivity index (χ3n) is 21.6. The van der Waals surface area contributed by atoms with Crippen LogP contribution in [0.25, 0.3) is 0 Å². The number of hydrogen-bond donors (Lipinski definition) is 11. The molecule has 23 heteroatoms. The van der Waals surface area contributed by atoms with E-state index in [1.54, 1.807) is 53.9 Å². The highest BCUT2D eigenvalue weighted by Gasteiger charge is 2.53. The molecule has 3 saturated heterocycles. The van der Waals surface area contributed by atoms with Gasteiger partial charge in [-0.25, -0.2) is 0 Å². The number of likely N-dealkylation sites (N-methyl/N-ethyl adjacent to an activating group) is 1. The molecule has 4 bridgehead atoms. The van der Waals surface area contributed by atoms with Gasteiger partial charge in [0, 0.05) is 56.6 Å². The number of carbonyl (C=O) groups excluding carboxylic acids is 10. The number of fused-ring (bicyclic) bond motifs is 2. The van der Waals surface area contributed by atoms with Crippen LogP contribution in [0.3, 0.4) is 0 Å². The summed E-state index contributed by atoms with van der Waals surface area (Å²) in [5.41, 5.74) is 7.66. The first-order valence-electron chi connectivity index (χ1n) is 36.0. The normalized spacial score (nSPS) is 32.8. The van der Waals surface area contributed by atoms with Crippen LogP contribution >= 0.6 is 0 Å². The van der Waals surface area contributed by atoms with E-state index in [0.29, 0.717) is 89.1 Å². The van der Waals surface area contributed by atoms with E-state index in [4.69, 9.17) is 5.73 Å². The minimum absolute atomic E-state index is 0.0918. The third kappa shape index (κ3) is 19.7. The average molecular weight is 1330 g/mol. The Hall–Kier alpha value is -7.24. The van der Waals surface area contributed by atoms with Crippen LogP contribution in [0, 0.1) is 53.3 Å². The van der Waals surface area contributed by atoms with Gasteiger partial charge >= 0.3 is 0 Å². The summed E-state index contributed by atoms with van der Waals surface area (Å²) in [6.45, 7) is 10.1. The molecule has 2 aromatic carbocycles. The molecule has 13 atom stereocenters. The van der Waals surface area contributed by atoms with E-state index < -0.39 is 144 Å². The number of amides is 10. The SMILES string of the molecule is CCCCC1NC(=O)C2CCCN2C(=O)C(Cc2ccccc2)NC(=O)C(C=CCNC)C(C)NC(=O)C(C2C3CC4CC(C3)CC2C4)NC(=O)C(C)C(CCCN)NC(=O)C2CCCN2C(=O)C(Cc2ccccc2)NC(=O)C(CCCNC)C(C)NC(=O)CNC(=O)C1C. The van der Waals surface area contributed by atoms with Crippen molar-refractivity contribution in [1.82, 2.24) is 63.0 Å². The molecule has 13 unspecified atom stereocenters. The minimum atomic E-state index is -1.14. The fourth-order valence-corrected chi connectivity index (χ4v) is 16.4. The lowest BCUT2D eigenvalue weighted by atomic mass is 9.50. The maximum atomic E-state index is 15.5. The van der Waals surface area contributed by atoms with Gasteiger partial charge in [0.2, 0.25) is 59.1 Å². The topological polar surface area (TPSA) is 323 Å². The Morgan fingerprint density at radius 1 is 0.542 bits per heavy atom. The second-order valence-corrected chi connectivity index (χ2v) is 28.5. The Kier molecular flexibility index (Phi) is 28.2. The first-order valence-corrected chi connectivity index (χ1v) is 36.0. The Morgan fingerprint density at radius 3 is 1.59 bits per heavy atom. The van der Waals surface area contributed by atoms with Gasteiger partial charge in [-0.15, -0.1) is 0 Å². The largest absolute Gasteiger partial charge is 0.351 e. The molecule has 7 fully saturated rings. The molecule has 10 amide bonds. The van der Waals surface area contributed by atoms with Gasteiger partial charge in [-0.05, 0) is 172 Å². The summed E-state index contributed by atoms with van der Waals surface area (Å²) in [6, 6.07) is 10.3. The molecule has 528 valence electrons. The average Bonchev–Trinajstić information content (AvgIpc) is 1.08. The van der Waals surface area contributed by atoms with Crippen molar-refractivity contribution in [3.05, 3.63) is 83.9 Å². The number of hydrogen-bond acceptors (Lipinski definition) is 13. The van der Waals surface area contributed by atoms with Crippen LogP contribution in [-0.2, 0) is 60.8 Å². The van der Waals surface area contributed by atoms with E-state index in [9.17, 15) is 24.0 Å². The van der Waals surface area contributed by atoms with Gasteiger partial charge in [-0.1, -0.05) is 106 Å². The van der Waals surface area contributed by atoms with Gasteiger partial charge in [-0.2, -0.15) is 0 Å². The van der Waals surface area contributed by atoms with Gasteiger partial charge in [0.15, 0.2) is 0 Å². The van der Waals surface area contributed by atoms with Gasteiger partial charge in [0.05, 0.1) is 30.2 Å². The highest BCUT2D eigenvalue weighted by molar-refractivity contribution is 5.96. The van der Waals surface area contributed by atoms with Crippen molar-refractivity contribution in [2.45, 2.75) is 205 Å². The maximum Gasteiger partial charge on any atom is 0.246 e. The molecule has 12 N–H and O–H groups in total. The fraction of sp³-hybridized carbons (Fsp3) is 0.671. The molecular weight excluding hydrogens is 1220 g/mol. The summed E-state index contributed by atoms with van der Waals surface area (Å²) in [7, 11) is 3.57. The van der Waals surface area contributed by atoms with Crippen molar-refractivity contribution in [2.24, 2.45) is 59.0 Å².